The number of carboxylic acid groups (broad SMARTS) is 2. The fraction of sp³-hybridized carbons (Fsp3) is 0.0741. The van der Waals surface area contributed by atoms with Gasteiger partial charge >= 0.3 is 11.9 Å². The average Bonchev–Trinajstić information content (AvgIpc) is 2.85. The lowest BCUT2D eigenvalue weighted by Gasteiger charge is -2.14. The van der Waals surface area contributed by atoms with Crippen molar-refractivity contribution >= 4 is 50.6 Å². The summed E-state index contributed by atoms with van der Waals surface area (Å²) in [6, 6.07) is 3.66. The molecule has 5 rings (SSSR count). The van der Waals surface area contributed by atoms with Gasteiger partial charge in [0, 0.05) is 23.8 Å². The first-order valence-corrected chi connectivity index (χ1v) is 11.2. The standard InChI is InChI=1S/C27H16O13/c1-7-9(14-4-11(29)18-15(39-14)5-12(30)23(33)20(18)26(35)36)3-10-22(32)19-16(40-25(10)17(7)8(2)28)6-13(31)24(34)21(19)27(37)38/h3-6,30-31,33-34H,1-2H3,(H,35,36)(H,37,38). The molecule has 5 aromatic rings. The van der Waals surface area contributed by atoms with Gasteiger partial charge in [0.1, 0.15) is 33.6 Å². The third kappa shape index (κ3) is 3.52. The van der Waals surface area contributed by atoms with Crippen molar-refractivity contribution in [2.45, 2.75) is 13.8 Å². The molecule has 13 nitrogen and oxygen atoms in total. The van der Waals surface area contributed by atoms with Crippen molar-refractivity contribution in [1.29, 1.82) is 0 Å². The van der Waals surface area contributed by atoms with E-state index in [2.05, 4.69) is 0 Å². The van der Waals surface area contributed by atoms with Gasteiger partial charge in [0.15, 0.2) is 34.2 Å². The van der Waals surface area contributed by atoms with E-state index in [-0.39, 0.29) is 33.4 Å². The SMILES string of the molecule is CC(=O)c1c(C)c(-c2cc(=O)c3c(C(=O)O)c(O)c(O)cc3o2)cc2c(=O)c3c(C(=O)O)c(O)c(O)cc3oc12. The molecule has 0 aliphatic heterocycles. The first kappa shape index (κ1) is 25.8. The summed E-state index contributed by atoms with van der Waals surface area (Å²) >= 11 is 0. The molecule has 0 bridgehead atoms. The summed E-state index contributed by atoms with van der Waals surface area (Å²) in [5.74, 6) is -8.23. The molecular formula is C27H16O13. The minimum atomic E-state index is -1.75. The molecule has 0 amide bonds. The predicted octanol–water partition coefficient (Wildman–Crippen LogP) is 3.45. The molecule has 0 atom stereocenters. The normalized spacial score (nSPS) is 11.3. The van der Waals surface area contributed by atoms with E-state index < -0.39 is 84.6 Å². The van der Waals surface area contributed by atoms with Crippen molar-refractivity contribution in [1.82, 2.24) is 0 Å². The second-order valence-corrected chi connectivity index (χ2v) is 8.86. The number of phenols is 4. The van der Waals surface area contributed by atoms with E-state index in [0.29, 0.717) is 0 Å². The monoisotopic (exact) mass is 548 g/mol. The van der Waals surface area contributed by atoms with Crippen LogP contribution in [0.4, 0.5) is 0 Å². The highest BCUT2D eigenvalue weighted by Gasteiger charge is 2.28. The number of ketones is 1. The summed E-state index contributed by atoms with van der Waals surface area (Å²) in [5, 5.41) is 57.7. The first-order valence-electron chi connectivity index (χ1n) is 11.2. The maximum atomic E-state index is 13.6. The lowest BCUT2D eigenvalue weighted by molar-refractivity contribution is 0.0684. The van der Waals surface area contributed by atoms with Crippen LogP contribution in [0, 0.1) is 6.92 Å². The van der Waals surface area contributed by atoms with Gasteiger partial charge in [-0.25, -0.2) is 9.59 Å². The van der Waals surface area contributed by atoms with Crippen molar-refractivity contribution < 1.29 is 53.9 Å². The zero-order valence-corrected chi connectivity index (χ0v) is 20.4. The molecule has 3 aromatic carbocycles. The van der Waals surface area contributed by atoms with Gasteiger partial charge in [0.25, 0.3) is 0 Å². The van der Waals surface area contributed by atoms with Gasteiger partial charge in [-0.3, -0.25) is 14.4 Å². The molecule has 0 radical (unpaired) electrons. The molecule has 2 aromatic heterocycles. The lowest BCUT2D eigenvalue weighted by Crippen LogP contribution is -2.12. The maximum absolute atomic E-state index is 13.6. The number of hydrogen-bond donors (Lipinski definition) is 6. The van der Waals surface area contributed by atoms with Crippen LogP contribution in [-0.4, -0.2) is 48.4 Å². The Bertz CT molecular complexity index is 2130. The molecule has 0 unspecified atom stereocenters. The first-order chi connectivity index (χ1) is 18.7. The number of fused-ring (bicyclic) bond motifs is 3. The Balaban J connectivity index is 1.96. The highest BCUT2D eigenvalue weighted by Crippen LogP contribution is 2.40. The van der Waals surface area contributed by atoms with Gasteiger partial charge in [-0.15, -0.1) is 0 Å². The molecular weight excluding hydrogens is 532 g/mol. The molecule has 6 N–H and O–H groups in total. The zero-order chi connectivity index (χ0) is 29.4. The van der Waals surface area contributed by atoms with Crippen LogP contribution in [0.2, 0.25) is 0 Å². The smallest absolute Gasteiger partial charge is 0.340 e. The van der Waals surface area contributed by atoms with Crippen LogP contribution >= 0.6 is 0 Å². The van der Waals surface area contributed by atoms with Crippen molar-refractivity contribution in [3.8, 4) is 34.3 Å². The van der Waals surface area contributed by atoms with E-state index in [4.69, 9.17) is 8.83 Å². The topological polar surface area (TPSA) is 233 Å². The van der Waals surface area contributed by atoms with E-state index in [1.807, 2.05) is 0 Å². The highest BCUT2D eigenvalue weighted by molar-refractivity contribution is 6.13. The number of Topliss-reactive ketones (excluding diaryl/α,β-unsaturated/α-hetero) is 1. The van der Waals surface area contributed by atoms with Crippen LogP contribution in [0.25, 0.3) is 44.2 Å². The van der Waals surface area contributed by atoms with E-state index in [1.54, 1.807) is 0 Å². The highest BCUT2D eigenvalue weighted by atomic mass is 16.4. The van der Waals surface area contributed by atoms with Crippen molar-refractivity contribution in [3.63, 3.8) is 0 Å². The number of aromatic hydroxyl groups is 4. The van der Waals surface area contributed by atoms with Crippen LogP contribution in [0.1, 0.15) is 43.6 Å². The Morgan fingerprint density at radius 2 is 1.25 bits per heavy atom. The minimum absolute atomic E-state index is 0.0207. The number of aromatic carboxylic acids is 2. The molecule has 0 saturated carbocycles. The van der Waals surface area contributed by atoms with Gasteiger partial charge in [-0.1, -0.05) is 0 Å². The molecule has 202 valence electrons. The number of hydrogen-bond acceptors (Lipinski definition) is 11. The van der Waals surface area contributed by atoms with Crippen LogP contribution in [-0.2, 0) is 0 Å². The molecule has 40 heavy (non-hydrogen) atoms. The summed E-state index contributed by atoms with van der Waals surface area (Å²) in [6.45, 7) is 2.59. The molecule has 0 spiro atoms. The number of carboxylic acids is 2. The maximum Gasteiger partial charge on any atom is 0.340 e. The van der Waals surface area contributed by atoms with Crippen molar-refractivity contribution in [2.75, 3.05) is 0 Å². The molecule has 0 aliphatic carbocycles. The summed E-state index contributed by atoms with van der Waals surface area (Å²) in [5.41, 5.74) is -4.92. The Morgan fingerprint density at radius 1 is 0.725 bits per heavy atom. The number of benzene rings is 3. The molecule has 0 fully saturated rings. The van der Waals surface area contributed by atoms with Gasteiger partial charge in [0.2, 0.25) is 5.43 Å². The quantitative estimate of drug-likeness (QED) is 0.107. The second kappa shape index (κ2) is 8.59. The second-order valence-electron chi connectivity index (χ2n) is 8.86. The summed E-state index contributed by atoms with van der Waals surface area (Å²) < 4.78 is 11.4. The Labute approximate surface area is 220 Å². The molecule has 13 heteroatoms. The molecule has 0 aliphatic rings. The van der Waals surface area contributed by atoms with Crippen molar-refractivity contribution in [3.05, 3.63) is 67.0 Å². The minimum Gasteiger partial charge on any atom is -0.504 e. The van der Waals surface area contributed by atoms with E-state index in [1.165, 1.54) is 6.92 Å². The fourth-order valence-electron chi connectivity index (χ4n) is 4.75. The summed E-state index contributed by atoms with van der Waals surface area (Å²) in [6.07, 6.45) is 0. The van der Waals surface area contributed by atoms with Crippen LogP contribution in [0.15, 0.2) is 42.7 Å². The predicted molar refractivity (Wildman–Crippen MR) is 137 cm³/mol. The Morgan fingerprint density at radius 3 is 1.77 bits per heavy atom. The molecule has 0 saturated heterocycles. The van der Waals surface area contributed by atoms with Gasteiger partial charge < -0.3 is 39.5 Å². The molecule has 2 heterocycles. The summed E-state index contributed by atoms with van der Waals surface area (Å²) in [7, 11) is 0. The van der Waals surface area contributed by atoms with E-state index >= 15 is 0 Å². The van der Waals surface area contributed by atoms with Gasteiger partial charge in [-0.2, -0.15) is 0 Å². The Kier molecular flexibility index (Phi) is 5.54. The van der Waals surface area contributed by atoms with Crippen molar-refractivity contribution in [2.24, 2.45) is 0 Å². The fourth-order valence-corrected chi connectivity index (χ4v) is 4.75. The number of carbonyl (C=O) groups is 3. The number of carbonyl (C=O) groups excluding carboxylic acids is 1. The average molecular weight is 548 g/mol. The van der Waals surface area contributed by atoms with E-state index in [0.717, 1.165) is 31.2 Å². The number of phenolic OH excluding ortho intramolecular Hbond substituents is 2. The lowest BCUT2D eigenvalue weighted by atomic mass is 9.93. The third-order valence-electron chi connectivity index (χ3n) is 6.48. The summed E-state index contributed by atoms with van der Waals surface area (Å²) in [4.78, 5) is 62.8. The van der Waals surface area contributed by atoms with Crippen LogP contribution in [0.3, 0.4) is 0 Å². The Hall–Kier alpha value is -5.85. The van der Waals surface area contributed by atoms with Crippen LogP contribution in [0.5, 0.6) is 23.0 Å². The van der Waals surface area contributed by atoms with Gasteiger partial charge in [0.05, 0.1) is 21.7 Å². The largest absolute Gasteiger partial charge is 0.504 e. The van der Waals surface area contributed by atoms with Gasteiger partial charge in [-0.05, 0) is 25.5 Å². The number of rotatable bonds is 4. The third-order valence-corrected chi connectivity index (χ3v) is 6.48. The van der Waals surface area contributed by atoms with Crippen LogP contribution < -0.4 is 10.9 Å². The zero-order valence-electron chi connectivity index (χ0n) is 20.4. The van der Waals surface area contributed by atoms with E-state index in [9.17, 15) is 54.6 Å².